The van der Waals surface area contributed by atoms with Crippen LogP contribution in [0.4, 0.5) is 5.69 Å². The number of ether oxygens (including phenoxy) is 3. The van der Waals surface area contributed by atoms with Crippen molar-refractivity contribution in [2.75, 3.05) is 6.79 Å². The molecule has 0 amide bonds. The highest BCUT2D eigenvalue weighted by molar-refractivity contribution is 6.13. The Labute approximate surface area is 141 Å². The van der Waals surface area contributed by atoms with Crippen LogP contribution >= 0.6 is 0 Å². The lowest BCUT2D eigenvalue weighted by molar-refractivity contribution is -0.385. The van der Waals surface area contributed by atoms with Crippen molar-refractivity contribution in [2.24, 2.45) is 4.99 Å². The number of benzene rings is 2. The number of nitro benzene ring substituents is 1. The number of para-hydroxylation sites is 1. The van der Waals surface area contributed by atoms with Gasteiger partial charge < -0.3 is 14.2 Å². The molecule has 0 atom stereocenters. The van der Waals surface area contributed by atoms with Crippen molar-refractivity contribution < 1.29 is 23.9 Å². The molecule has 8 nitrogen and oxygen atoms in total. The van der Waals surface area contributed by atoms with E-state index in [4.69, 9.17) is 14.2 Å². The normalized spacial score (nSPS) is 16.7. The van der Waals surface area contributed by atoms with Crippen molar-refractivity contribution in [1.29, 1.82) is 0 Å². The van der Waals surface area contributed by atoms with Crippen molar-refractivity contribution in [1.82, 2.24) is 0 Å². The Morgan fingerprint density at radius 2 is 1.92 bits per heavy atom. The molecular weight excluding hydrogens is 328 g/mol. The molecule has 0 spiro atoms. The van der Waals surface area contributed by atoms with Gasteiger partial charge in [0.2, 0.25) is 12.7 Å². The Balaban J connectivity index is 1.70. The fourth-order valence-electron chi connectivity index (χ4n) is 2.49. The van der Waals surface area contributed by atoms with Crippen LogP contribution in [0.25, 0.3) is 6.08 Å². The largest absolute Gasteiger partial charge is 0.454 e. The topological polar surface area (TPSA) is 100 Å². The van der Waals surface area contributed by atoms with E-state index in [0.29, 0.717) is 17.1 Å². The average molecular weight is 338 g/mol. The summed E-state index contributed by atoms with van der Waals surface area (Å²) in [4.78, 5) is 26.7. The van der Waals surface area contributed by atoms with Crippen molar-refractivity contribution in [3.8, 4) is 11.5 Å². The average Bonchev–Trinajstić information content (AvgIpc) is 3.21. The first-order valence-electron chi connectivity index (χ1n) is 7.28. The quantitative estimate of drug-likeness (QED) is 0.369. The fraction of sp³-hybridized carbons (Fsp3) is 0.0588. The summed E-state index contributed by atoms with van der Waals surface area (Å²) in [5.41, 5.74) is 0.690. The first kappa shape index (κ1) is 14.9. The highest BCUT2D eigenvalue weighted by Crippen LogP contribution is 2.33. The van der Waals surface area contributed by atoms with Crippen molar-refractivity contribution in [3.63, 3.8) is 0 Å². The molecule has 2 aromatic rings. The second kappa shape index (κ2) is 5.75. The maximum absolute atomic E-state index is 12.0. The lowest BCUT2D eigenvalue weighted by Crippen LogP contribution is -2.05. The van der Waals surface area contributed by atoms with E-state index in [0.717, 1.165) is 0 Å². The highest BCUT2D eigenvalue weighted by atomic mass is 16.7. The highest BCUT2D eigenvalue weighted by Gasteiger charge is 2.26. The van der Waals surface area contributed by atoms with E-state index in [1.54, 1.807) is 30.3 Å². The van der Waals surface area contributed by atoms with E-state index in [9.17, 15) is 14.9 Å². The third-order valence-electron chi connectivity index (χ3n) is 3.67. The van der Waals surface area contributed by atoms with Crippen molar-refractivity contribution >= 4 is 23.6 Å². The molecule has 0 aliphatic carbocycles. The van der Waals surface area contributed by atoms with Crippen LogP contribution in [0.1, 0.15) is 11.1 Å². The number of esters is 1. The summed E-state index contributed by atoms with van der Waals surface area (Å²) in [7, 11) is 0. The van der Waals surface area contributed by atoms with E-state index in [2.05, 4.69) is 4.99 Å². The number of hydrogen-bond acceptors (Lipinski definition) is 7. The van der Waals surface area contributed by atoms with Gasteiger partial charge in [0, 0.05) is 11.6 Å². The van der Waals surface area contributed by atoms with Gasteiger partial charge in [-0.1, -0.05) is 12.1 Å². The lowest BCUT2D eigenvalue weighted by atomic mass is 10.1. The zero-order valence-corrected chi connectivity index (χ0v) is 12.7. The zero-order valence-electron chi connectivity index (χ0n) is 12.7. The maximum Gasteiger partial charge on any atom is 0.363 e. The number of nitrogens with zero attached hydrogens (tertiary/aromatic N) is 2. The van der Waals surface area contributed by atoms with E-state index in [1.807, 2.05) is 0 Å². The van der Waals surface area contributed by atoms with Crippen LogP contribution in [0.15, 0.2) is 53.2 Å². The number of carbonyl (C=O) groups is 1. The van der Waals surface area contributed by atoms with Gasteiger partial charge in [0.1, 0.15) is 0 Å². The molecule has 0 N–H and O–H groups in total. The van der Waals surface area contributed by atoms with Crippen LogP contribution in [-0.2, 0) is 9.53 Å². The fourth-order valence-corrected chi connectivity index (χ4v) is 2.49. The molecule has 4 rings (SSSR count). The third-order valence-corrected chi connectivity index (χ3v) is 3.67. The van der Waals surface area contributed by atoms with Gasteiger partial charge in [-0.25, -0.2) is 9.79 Å². The summed E-state index contributed by atoms with van der Waals surface area (Å²) in [6.45, 7) is 0.133. The lowest BCUT2D eigenvalue weighted by Gasteiger charge is -2.01. The molecule has 8 heteroatoms. The van der Waals surface area contributed by atoms with Crippen LogP contribution < -0.4 is 9.47 Å². The summed E-state index contributed by atoms with van der Waals surface area (Å²) in [6.07, 6.45) is 1.33. The SMILES string of the molecule is O=C1OC(c2ccc3c(c2)OCO3)=N/C1=C\c1ccccc1[N+](=O)[O-]. The number of carbonyl (C=O) groups excluding carboxylic acids is 1. The molecule has 0 aromatic heterocycles. The molecule has 2 aliphatic heterocycles. The molecule has 0 fully saturated rings. The number of fused-ring (bicyclic) bond motifs is 1. The Morgan fingerprint density at radius 3 is 2.76 bits per heavy atom. The molecule has 124 valence electrons. The number of nitro groups is 1. The molecule has 0 bridgehead atoms. The number of cyclic esters (lactones) is 1. The van der Waals surface area contributed by atoms with E-state index >= 15 is 0 Å². The molecule has 0 saturated heterocycles. The molecule has 2 aromatic carbocycles. The summed E-state index contributed by atoms with van der Waals surface area (Å²) in [5, 5.41) is 11.1. The summed E-state index contributed by atoms with van der Waals surface area (Å²) in [6, 6.07) is 11.1. The van der Waals surface area contributed by atoms with Crippen LogP contribution in [-0.4, -0.2) is 23.6 Å². The Hall–Kier alpha value is -3.68. The number of rotatable bonds is 3. The first-order chi connectivity index (χ1) is 12.1. The first-order valence-corrected chi connectivity index (χ1v) is 7.28. The summed E-state index contributed by atoms with van der Waals surface area (Å²) < 4.78 is 15.7. The molecule has 0 unspecified atom stereocenters. The van der Waals surface area contributed by atoms with Crippen LogP contribution in [0.2, 0.25) is 0 Å². The Kier molecular flexibility index (Phi) is 3.42. The minimum Gasteiger partial charge on any atom is -0.454 e. The van der Waals surface area contributed by atoms with Gasteiger partial charge in [0.05, 0.1) is 10.5 Å². The second-order valence-electron chi connectivity index (χ2n) is 5.22. The monoisotopic (exact) mass is 338 g/mol. The van der Waals surface area contributed by atoms with Crippen molar-refractivity contribution in [2.45, 2.75) is 0 Å². The minimum atomic E-state index is -0.675. The van der Waals surface area contributed by atoms with Crippen LogP contribution in [0, 0.1) is 10.1 Å². The molecule has 0 radical (unpaired) electrons. The maximum atomic E-state index is 12.0. The van der Waals surface area contributed by atoms with Gasteiger partial charge in [-0.2, -0.15) is 0 Å². The van der Waals surface area contributed by atoms with E-state index in [1.165, 1.54) is 18.2 Å². The van der Waals surface area contributed by atoms with Gasteiger partial charge in [-0.05, 0) is 30.3 Å². The van der Waals surface area contributed by atoms with Gasteiger partial charge in [-0.3, -0.25) is 10.1 Å². The predicted molar refractivity (Wildman–Crippen MR) is 86.3 cm³/mol. The van der Waals surface area contributed by atoms with Gasteiger partial charge in [0.15, 0.2) is 17.2 Å². The molecule has 25 heavy (non-hydrogen) atoms. The van der Waals surface area contributed by atoms with E-state index < -0.39 is 10.9 Å². The molecule has 2 aliphatic rings. The number of aliphatic imine (C=N–C) groups is 1. The van der Waals surface area contributed by atoms with Gasteiger partial charge in [0.25, 0.3) is 5.69 Å². The molecule has 0 saturated carbocycles. The van der Waals surface area contributed by atoms with Gasteiger partial charge in [-0.15, -0.1) is 0 Å². The Morgan fingerprint density at radius 1 is 1.12 bits per heavy atom. The Bertz CT molecular complexity index is 963. The zero-order chi connectivity index (χ0) is 17.4. The van der Waals surface area contributed by atoms with Crippen molar-refractivity contribution in [3.05, 3.63) is 69.4 Å². The second-order valence-corrected chi connectivity index (χ2v) is 5.22. The summed E-state index contributed by atoms with van der Waals surface area (Å²) in [5.74, 6) is 0.565. The van der Waals surface area contributed by atoms with Crippen LogP contribution in [0.5, 0.6) is 11.5 Å². The minimum absolute atomic E-state index is 0.0121. The molecular formula is C17H10N2O6. The van der Waals surface area contributed by atoms with E-state index in [-0.39, 0.29) is 29.6 Å². The predicted octanol–water partition coefficient (Wildman–Crippen LogP) is 2.67. The summed E-state index contributed by atoms with van der Waals surface area (Å²) >= 11 is 0. The van der Waals surface area contributed by atoms with Gasteiger partial charge >= 0.3 is 5.97 Å². The van der Waals surface area contributed by atoms with Crippen LogP contribution in [0.3, 0.4) is 0 Å². The standard InChI is InChI=1S/C17H10N2O6/c20-17-12(7-10-3-1-2-4-13(10)19(21)22)18-16(25-17)11-5-6-14-15(8-11)24-9-23-14/h1-8H,9H2/b12-7-. The smallest absolute Gasteiger partial charge is 0.363 e. The third kappa shape index (κ3) is 2.69. The number of hydrogen-bond donors (Lipinski definition) is 0. The molecule has 2 heterocycles.